The van der Waals surface area contributed by atoms with E-state index in [4.69, 9.17) is 0 Å². The Labute approximate surface area is 389 Å². The maximum absolute atomic E-state index is 14.1. The number of carboxylic acid groups (broad SMARTS) is 2. The van der Waals surface area contributed by atoms with Crippen LogP contribution in [0.1, 0.15) is 100.0 Å². The summed E-state index contributed by atoms with van der Waals surface area (Å²) in [5.41, 5.74) is 4.23. The molecule has 7 rings (SSSR count). The van der Waals surface area contributed by atoms with Gasteiger partial charge in [0.25, 0.3) is 11.8 Å². The van der Waals surface area contributed by atoms with E-state index in [-0.39, 0.29) is 98.5 Å². The molecule has 0 atom stereocenters. The summed E-state index contributed by atoms with van der Waals surface area (Å²) in [5.74, 6) is -3.88. The number of aryl methyl sites for hydroxylation is 2. The van der Waals surface area contributed by atoms with Crippen LogP contribution in [0.25, 0.3) is 0 Å². The van der Waals surface area contributed by atoms with Gasteiger partial charge < -0.3 is 35.3 Å². The predicted octanol–water partition coefficient (Wildman–Crippen LogP) is -1.20. The van der Waals surface area contributed by atoms with Gasteiger partial charge in [-0.3, -0.25) is 9.59 Å². The number of benzene rings is 4. The third-order valence-corrected chi connectivity index (χ3v) is 13.3. The number of anilines is 3. The Morgan fingerprint density at radius 3 is 1.83 bits per heavy atom. The standard InChI is InChI=1S/C44H48N4O8S.2Na/c49-41(33-5-4-6-38(27-33)57(55,56)48(36-21-22-36)35-19-15-32(16-20-35)44(53)54)46-40-24-23-37(47-25-2-1-3-26-47)28-39(40)42(50)45-34-17-11-30(12-18-34)8-7-29-9-13-31(14-10-29)43(51)52;;/h4-6,9-14,17-18,23-24,27-28,32,35-36H,1-3,7-8,15-16,19-22,25-26H2,(H,45,50)(H,46,49)(H,51,52)(H,53,54);;/q;2*+1/p-2/t32-,35-;;. The molecule has 2 saturated carbocycles. The second-order valence-corrected chi connectivity index (χ2v) is 17.1. The zero-order chi connectivity index (χ0) is 40.1. The van der Waals surface area contributed by atoms with E-state index >= 15 is 0 Å². The molecule has 1 aliphatic heterocycles. The van der Waals surface area contributed by atoms with Gasteiger partial charge >= 0.3 is 59.1 Å². The fraction of sp³-hybridized carbons (Fsp3) is 0.364. The molecule has 0 bridgehead atoms. The van der Waals surface area contributed by atoms with E-state index in [0.29, 0.717) is 44.2 Å². The van der Waals surface area contributed by atoms with Gasteiger partial charge in [-0.1, -0.05) is 42.5 Å². The Morgan fingerprint density at radius 2 is 1.25 bits per heavy atom. The zero-order valence-electron chi connectivity index (χ0n) is 33.7. The second-order valence-electron chi connectivity index (χ2n) is 15.3. The minimum Gasteiger partial charge on any atom is -0.550 e. The molecule has 0 unspecified atom stereocenters. The number of hydrogen-bond acceptors (Lipinski definition) is 9. The van der Waals surface area contributed by atoms with Crippen LogP contribution in [0, 0.1) is 5.92 Å². The predicted molar refractivity (Wildman–Crippen MR) is 212 cm³/mol. The number of carbonyl (C=O) groups excluding carboxylic acids is 4. The van der Waals surface area contributed by atoms with E-state index in [1.54, 1.807) is 24.3 Å². The Kier molecular flexibility index (Phi) is 16.4. The van der Waals surface area contributed by atoms with Crippen LogP contribution in [-0.2, 0) is 27.7 Å². The number of carbonyl (C=O) groups is 4. The number of rotatable bonds is 14. The summed E-state index contributed by atoms with van der Waals surface area (Å²) in [4.78, 5) is 52.5. The first kappa shape index (κ1) is 46.5. The van der Waals surface area contributed by atoms with Crippen molar-refractivity contribution in [3.63, 3.8) is 0 Å². The smallest absolute Gasteiger partial charge is 0.550 e. The van der Waals surface area contributed by atoms with Gasteiger partial charge in [0.1, 0.15) is 0 Å². The van der Waals surface area contributed by atoms with Gasteiger partial charge in [0.05, 0.1) is 22.1 Å². The Balaban J connectivity index is 0.00000331. The van der Waals surface area contributed by atoms with Crippen molar-refractivity contribution in [1.29, 1.82) is 0 Å². The summed E-state index contributed by atoms with van der Waals surface area (Å²) in [5, 5.41) is 28.3. The van der Waals surface area contributed by atoms with E-state index in [1.165, 1.54) is 40.7 Å². The first-order valence-electron chi connectivity index (χ1n) is 19.7. The first-order valence-corrected chi connectivity index (χ1v) is 21.2. The molecule has 2 N–H and O–H groups in total. The molecule has 15 heteroatoms. The van der Waals surface area contributed by atoms with Gasteiger partial charge in [-0.05, 0) is 142 Å². The van der Waals surface area contributed by atoms with E-state index < -0.39 is 39.7 Å². The van der Waals surface area contributed by atoms with Crippen LogP contribution in [-0.4, -0.2) is 61.6 Å². The topological polar surface area (TPSA) is 179 Å². The second kappa shape index (κ2) is 20.8. The van der Waals surface area contributed by atoms with Gasteiger partial charge in [0.2, 0.25) is 10.0 Å². The van der Waals surface area contributed by atoms with Crippen LogP contribution in [0.5, 0.6) is 0 Å². The summed E-state index contributed by atoms with van der Waals surface area (Å²) in [6.45, 7) is 1.71. The van der Waals surface area contributed by atoms with Gasteiger partial charge in [-0.2, -0.15) is 4.31 Å². The summed E-state index contributed by atoms with van der Waals surface area (Å²) in [7, 11) is -4.00. The number of aromatic carboxylic acids is 1. The molecule has 4 aromatic carbocycles. The minimum atomic E-state index is -4.00. The third kappa shape index (κ3) is 11.6. The van der Waals surface area contributed by atoms with Gasteiger partial charge in [-0.25, -0.2) is 8.42 Å². The zero-order valence-corrected chi connectivity index (χ0v) is 38.5. The van der Waals surface area contributed by atoms with Crippen LogP contribution in [0.3, 0.4) is 0 Å². The first-order chi connectivity index (χ1) is 27.5. The summed E-state index contributed by atoms with van der Waals surface area (Å²) in [6.07, 6.45) is 7.67. The van der Waals surface area contributed by atoms with Crippen molar-refractivity contribution in [2.45, 2.75) is 87.6 Å². The van der Waals surface area contributed by atoms with Crippen LogP contribution in [0.4, 0.5) is 17.1 Å². The van der Waals surface area contributed by atoms with E-state index in [9.17, 15) is 37.8 Å². The van der Waals surface area contributed by atoms with Crippen LogP contribution in [0.2, 0.25) is 0 Å². The maximum atomic E-state index is 14.1. The average molecular weight is 837 g/mol. The maximum Gasteiger partial charge on any atom is 1.00 e. The molecule has 59 heavy (non-hydrogen) atoms. The molecule has 0 radical (unpaired) electrons. The summed E-state index contributed by atoms with van der Waals surface area (Å²) in [6, 6.07) is 24.8. The number of amides is 2. The van der Waals surface area contributed by atoms with E-state index in [1.807, 2.05) is 30.3 Å². The molecule has 12 nitrogen and oxygen atoms in total. The fourth-order valence-electron chi connectivity index (χ4n) is 7.93. The largest absolute Gasteiger partial charge is 1.00 e. The fourth-order valence-corrected chi connectivity index (χ4v) is 9.90. The van der Waals surface area contributed by atoms with E-state index in [2.05, 4.69) is 15.5 Å². The van der Waals surface area contributed by atoms with Crippen LogP contribution < -0.4 is 84.9 Å². The molecule has 3 aliphatic rings. The molecule has 2 amide bonds. The normalized spacial score (nSPS) is 17.9. The van der Waals surface area contributed by atoms with Crippen molar-refractivity contribution in [3.8, 4) is 0 Å². The summed E-state index contributed by atoms with van der Waals surface area (Å²) < 4.78 is 29.7. The molecule has 3 fully saturated rings. The molecule has 1 saturated heterocycles. The molecular weight excluding hydrogens is 791 g/mol. The van der Waals surface area contributed by atoms with Crippen molar-refractivity contribution < 1.29 is 96.9 Å². The number of carboxylic acids is 2. The van der Waals surface area contributed by atoms with Crippen molar-refractivity contribution >= 4 is 50.8 Å². The number of nitrogens with zero attached hydrogens (tertiary/aromatic N) is 2. The van der Waals surface area contributed by atoms with Crippen LogP contribution in [0.15, 0.2) is 95.9 Å². The molecule has 1 heterocycles. The Morgan fingerprint density at radius 1 is 0.661 bits per heavy atom. The molecule has 0 spiro atoms. The number of hydrogen-bond donors (Lipinski definition) is 2. The Hall–Kier alpha value is -3.53. The van der Waals surface area contributed by atoms with Gasteiger partial charge in [-0.15, -0.1) is 0 Å². The number of sulfonamides is 1. The molecule has 298 valence electrons. The SMILES string of the molecule is O=C([O-])c1ccc(CCc2ccc(NC(=O)c3cc(N4CCCCC4)ccc3NC(=O)c3cccc(S(=O)(=O)N(C4CC4)[C@H]4CC[C@H](C(=O)[O-])CC4)c3)cc2)cc1.[Na+].[Na+]. The van der Waals surface area contributed by atoms with Crippen LogP contribution >= 0.6 is 0 Å². The molecule has 2 aliphatic carbocycles. The Bertz CT molecular complexity index is 2240. The minimum absolute atomic E-state index is 0. The van der Waals surface area contributed by atoms with Gasteiger partial charge in [0, 0.05) is 48.1 Å². The van der Waals surface area contributed by atoms with E-state index in [0.717, 1.165) is 62.0 Å². The summed E-state index contributed by atoms with van der Waals surface area (Å²) >= 11 is 0. The van der Waals surface area contributed by atoms with Crippen molar-refractivity contribution in [3.05, 3.63) is 119 Å². The quantitative estimate of drug-likeness (QED) is 0.148. The van der Waals surface area contributed by atoms with Gasteiger partial charge in [0.15, 0.2) is 0 Å². The molecule has 4 aromatic rings. The molecular formula is C44H46N4Na2O8S. The molecule has 0 aromatic heterocycles. The number of nitrogens with one attached hydrogen (secondary N) is 2. The van der Waals surface area contributed by atoms with Crippen molar-refractivity contribution in [2.75, 3.05) is 28.6 Å². The van der Waals surface area contributed by atoms with Crippen molar-refractivity contribution in [1.82, 2.24) is 4.31 Å². The monoisotopic (exact) mass is 836 g/mol. The average Bonchev–Trinajstić information content (AvgIpc) is 4.06. The third-order valence-electron chi connectivity index (χ3n) is 11.3. The number of piperidine rings is 1. The van der Waals surface area contributed by atoms with Crippen molar-refractivity contribution in [2.24, 2.45) is 5.92 Å². The number of aliphatic carboxylic acids is 1.